The van der Waals surface area contributed by atoms with Crippen molar-refractivity contribution in [3.8, 4) is 11.3 Å². The molecule has 2 N–H and O–H groups in total. The van der Waals surface area contributed by atoms with Gasteiger partial charge in [-0.05, 0) is 48.4 Å². The molecular formula is C32H32N6O4. The Labute approximate surface area is 243 Å². The molecule has 0 aliphatic carbocycles. The number of nitrogens with zero attached hydrogens (tertiary/aromatic N) is 4. The summed E-state index contributed by atoms with van der Waals surface area (Å²) in [5, 5.41) is 6.20. The highest BCUT2D eigenvalue weighted by Gasteiger charge is 2.32. The second kappa shape index (κ2) is 11.5. The topological polar surface area (TPSA) is 109 Å². The number of hydrogen-bond acceptors (Lipinski definition) is 6. The summed E-state index contributed by atoms with van der Waals surface area (Å²) >= 11 is 0. The van der Waals surface area contributed by atoms with Crippen molar-refractivity contribution in [1.29, 1.82) is 0 Å². The molecule has 2 aliphatic rings. The molecule has 3 amide bonds. The van der Waals surface area contributed by atoms with Gasteiger partial charge in [0.2, 0.25) is 0 Å². The molecule has 2 saturated heterocycles. The lowest BCUT2D eigenvalue weighted by molar-refractivity contribution is 0.0303. The first-order valence-electron chi connectivity index (χ1n) is 13.9. The molecule has 2 aliphatic heterocycles. The summed E-state index contributed by atoms with van der Waals surface area (Å²) in [6.07, 6.45) is 1.69. The highest BCUT2D eigenvalue weighted by atomic mass is 16.5. The van der Waals surface area contributed by atoms with Crippen LogP contribution in [0.3, 0.4) is 0 Å². The van der Waals surface area contributed by atoms with Crippen molar-refractivity contribution in [2.45, 2.75) is 13.0 Å². The van der Waals surface area contributed by atoms with Gasteiger partial charge in [0.25, 0.3) is 11.5 Å². The molecule has 0 unspecified atom stereocenters. The summed E-state index contributed by atoms with van der Waals surface area (Å²) in [6, 6.07) is 22.4. The smallest absolute Gasteiger partial charge is 0.322 e. The standard InChI is InChI=1S/C32H32N6O4/c1-21-25(9-6-10-28(21)38-20-26(35-32(38)41)22-7-4-3-5-8-22)27-19-36(2)31(40)29(34-27)33-24-13-11-23(12-14-24)30(39)37-15-17-42-18-16-37/h3-14,19,26H,15-18,20H2,1-2H3,(H,33,34)(H,35,41)/t26-/m0/s1. The van der Waals surface area contributed by atoms with Crippen LogP contribution in [0, 0.1) is 6.92 Å². The van der Waals surface area contributed by atoms with Crippen LogP contribution in [0.25, 0.3) is 11.3 Å². The Kier molecular flexibility index (Phi) is 7.45. The van der Waals surface area contributed by atoms with Crippen LogP contribution >= 0.6 is 0 Å². The van der Waals surface area contributed by atoms with Gasteiger partial charge in [0, 0.05) is 48.8 Å². The number of ether oxygens (including phenoxy) is 1. The Balaban J connectivity index is 1.25. The number of benzene rings is 3. The van der Waals surface area contributed by atoms with Crippen molar-refractivity contribution >= 4 is 29.1 Å². The molecule has 4 aromatic rings. The summed E-state index contributed by atoms with van der Waals surface area (Å²) in [5.41, 5.74) is 5.05. The number of aromatic nitrogens is 2. The quantitative estimate of drug-likeness (QED) is 0.363. The molecule has 0 spiro atoms. The van der Waals surface area contributed by atoms with Crippen LogP contribution in [0.1, 0.15) is 27.5 Å². The molecule has 0 bridgehead atoms. The molecule has 3 aromatic carbocycles. The lowest BCUT2D eigenvalue weighted by atomic mass is 10.0. The summed E-state index contributed by atoms with van der Waals surface area (Å²) in [6.45, 7) is 4.68. The van der Waals surface area contributed by atoms with Crippen LogP contribution in [0.15, 0.2) is 83.8 Å². The highest BCUT2D eigenvalue weighted by molar-refractivity contribution is 5.96. The average Bonchev–Trinajstić information content (AvgIpc) is 3.41. The summed E-state index contributed by atoms with van der Waals surface area (Å²) < 4.78 is 6.82. The molecule has 3 heterocycles. The summed E-state index contributed by atoms with van der Waals surface area (Å²) in [7, 11) is 1.68. The number of nitrogens with one attached hydrogen (secondary N) is 2. The van der Waals surface area contributed by atoms with Crippen LogP contribution < -0.4 is 21.1 Å². The first kappa shape index (κ1) is 27.2. The van der Waals surface area contributed by atoms with E-state index >= 15 is 0 Å². The predicted molar refractivity (Wildman–Crippen MR) is 161 cm³/mol. The van der Waals surface area contributed by atoms with Gasteiger partial charge in [-0.1, -0.05) is 42.5 Å². The molecule has 42 heavy (non-hydrogen) atoms. The van der Waals surface area contributed by atoms with Gasteiger partial charge >= 0.3 is 6.03 Å². The van der Waals surface area contributed by atoms with Crippen LogP contribution in [0.4, 0.5) is 22.0 Å². The fourth-order valence-electron chi connectivity index (χ4n) is 5.41. The van der Waals surface area contributed by atoms with Gasteiger partial charge in [-0.15, -0.1) is 0 Å². The molecule has 1 aromatic heterocycles. The maximum atomic E-state index is 13.0. The van der Waals surface area contributed by atoms with Gasteiger partial charge in [-0.25, -0.2) is 9.78 Å². The van der Waals surface area contributed by atoms with E-state index < -0.39 is 0 Å². The molecule has 10 heteroatoms. The van der Waals surface area contributed by atoms with Crippen LogP contribution in [0.5, 0.6) is 0 Å². The number of morpholine rings is 1. The van der Waals surface area contributed by atoms with E-state index in [-0.39, 0.29) is 29.4 Å². The summed E-state index contributed by atoms with van der Waals surface area (Å²) in [4.78, 5) is 47.0. The molecule has 1 atom stereocenters. The van der Waals surface area contributed by atoms with E-state index in [4.69, 9.17) is 4.74 Å². The number of amides is 3. The largest absolute Gasteiger partial charge is 0.378 e. The third kappa shape index (κ3) is 5.36. The van der Waals surface area contributed by atoms with Crippen molar-refractivity contribution in [1.82, 2.24) is 19.8 Å². The molecule has 2 fully saturated rings. The minimum absolute atomic E-state index is 0.0435. The second-order valence-electron chi connectivity index (χ2n) is 10.5. The molecule has 0 radical (unpaired) electrons. The van der Waals surface area contributed by atoms with Gasteiger partial charge in [0.1, 0.15) is 0 Å². The maximum absolute atomic E-state index is 13.0. The minimum atomic E-state index is -0.286. The Morgan fingerprint density at radius 1 is 0.976 bits per heavy atom. The van der Waals surface area contributed by atoms with Gasteiger partial charge in [-0.3, -0.25) is 14.5 Å². The monoisotopic (exact) mass is 564 g/mol. The lowest BCUT2D eigenvalue weighted by Gasteiger charge is -2.26. The first-order valence-corrected chi connectivity index (χ1v) is 13.9. The van der Waals surface area contributed by atoms with Crippen molar-refractivity contribution in [3.63, 3.8) is 0 Å². The fourth-order valence-corrected chi connectivity index (χ4v) is 5.41. The van der Waals surface area contributed by atoms with E-state index in [9.17, 15) is 14.4 Å². The highest BCUT2D eigenvalue weighted by Crippen LogP contribution is 2.33. The third-order valence-electron chi connectivity index (χ3n) is 7.75. The average molecular weight is 565 g/mol. The zero-order valence-electron chi connectivity index (χ0n) is 23.5. The Bertz CT molecular complexity index is 1680. The Morgan fingerprint density at radius 2 is 1.71 bits per heavy atom. The zero-order chi connectivity index (χ0) is 29.2. The van der Waals surface area contributed by atoms with Gasteiger partial charge in [-0.2, -0.15) is 0 Å². The second-order valence-corrected chi connectivity index (χ2v) is 10.5. The minimum Gasteiger partial charge on any atom is -0.378 e. The van der Waals surface area contributed by atoms with Crippen molar-refractivity contribution in [2.24, 2.45) is 7.05 Å². The van der Waals surface area contributed by atoms with E-state index in [0.29, 0.717) is 49.8 Å². The lowest BCUT2D eigenvalue weighted by Crippen LogP contribution is -2.40. The SMILES string of the molecule is Cc1c(-c2cn(C)c(=O)c(Nc3ccc(C(=O)N4CCOCC4)cc3)n2)cccc1N1C[C@@H](c2ccccc2)NC1=O. The normalized spacial score (nSPS) is 16.8. The molecule has 10 nitrogen and oxygen atoms in total. The van der Waals surface area contributed by atoms with E-state index in [1.807, 2.05) is 55.5 Å². The molecule has 214 valence electrons. The zero-order valence-corrected chi connectivity index (χ0v) is 23.5. The predicted octanol–water partition coefficient (Wildman–Crippen LogP) is 4.24. The van der Waals surface area contributed by atoms with E-state index in [0.717, 1.165) is 22.4 Å². The first-order chi connectivity index (χ1) is 20.4. The van der Waals surface area contributed by atoms with Crippen LogP contribution in [-0.4, -0.2) is 59.2 Å². The third-order valence-corrected chi connectivity index (χ3v) is 7.75. The van der Waals surface area contributed by atoms with E-state index in [1.54, 1.807) is 47.3 Å². The van der Waals surface area contributed by atoms with Crippen molar-refractivity contribution in [2.75, 3.05) is 43.1 Å². The molecular weight excluding hydrogens is 532 g/mol. The van der Waals surface area contributed by atoms with Crippen LogP contribution in [-0.2, 0) is 11.8 Å². The van der Waals surface area contributed by atoms with Crippen molar-refractivity contribution in [3.05, 3.63) is 106 Å². The Hall–Kier alpha value is -4.96. The number of carbonyl (C=O) groups excluding carboxylic acids is 2. The van der Waals surface area contributed by atoms with Gasteiger partial charge in [0.05, 0.1) is 31.5 Å². The number of hydrogen-bond donors (Lipinski definition) is 2. The Morgan fingerprint density at radius 3 is 2.45 bits per heavy atom. The number of urea groups is 1. The summed E-state index contributed by atoms with van der Waals surface area (Å²) in [5.74, 6) is 0.119. The van der Waals surface area contributed by atoms with Crippen LogP contribution in [0.2, 0.25) is 0 Å². The fraction of sp³-hybridized carbons (Fsp3) is 0.250. The number of carbonyl (C=O) groups is 2. The van der Waals surface area contributed by atoms with Gasteiger partial charge in [0.15, 0.2) is 5.82 Å². The maximum Gasteiger partial charge on any atom is 0.322 e. The molecule has 0 saturated carbocycles. The van der Waals surface area contributed by atoms with E-state index in [1.165, 1.54) is 4.57 Å². The van der Waals surface area contributed by atoms with E-state index in [2.05, 4.69) is 15.6 Å². The van der Waals surface area contributed by atoms with Crippen molar-refractivity contribution < 1.29 is 14.3 Å². The molecule has 6 rings (SSSR count). The van der Waals surface area contributed by atoms with Gasteiger partial charge < -0.3 is 24.8 Å². The number of aryl methyl sites for hydroxylation is 1. The number of rotatable bonds is 6. The number of anilines is 3.